The van der Waals surface area contributed by atoms with Crippen molar-refractivity contribution < 1.29 is 20.1 Å². The normalized spacial score (nSPS) is 34.4. The predicted octanol–water partition coefficient (Wildman–Crippen LogP) is 6.89. The van der Waals surface area contributed by atoms with Crippen molar-refractivity contribution in [3.8, 4) is 0 Å². The summed E-state index contributed by atoms with van der Waals surface area (Å²) in [6.45, 7) is 14.8. The third-order valence-electron chi connectivity index (χ3n) is 9.73. The number of ether oxygens (including phenoxy) is 1. The van der Waals surface area contributed by atoms with Crippen molar-refractivity contribution in [2.24, 2.45) is 23.2 Å². The monoisotopic (exact) mass is 502 g/mol. The molecule has 0 aromatic rings. The van der Waals surface area contributed by atoms with Gasteiger partial charge in [0.1, 0.15) is 0 Å². The molecule has 0 amide bonds. The molecule has 0 saturated heterocycles. The molecule has 36 heavy (non-hydrogen) atoms. The lowest BCUT2D eigenvalue weighted by molar-refractivity contribution is -0.00480. The predicted molar refractivity (Wildman–Crippen MR) is 149 cm³/mol. The van der Waals surface area contributed by atoms with Crippen molar-refractivity contribution in [2.75, 3.05) is 13.2 Å². The van der Waals surface area contributed by atoms with Crippen LogP contribution in [-0.4, -0.2) is 46.3 Å². The van der Waals surface area contributed by atoms with Crippen LogP contribution in [-0.2, 0) is 4.74 Å². The van der Waals surface area contributed by atoms with Gasteiger partial charge in [0.15, 0.2) is 0 Å². The van der Waals surface area contributed by atoms with Crippen LogP contribution < -0.4 is 0 Å². The molecule has 4 nitrogen and oxygen atoms in total. The van der Waals surface area contributed by atoms with E-state index in [1.807, 2.05) is 0 Å². The second-order valence-electron chi connectivity index (χ2n) is 12.5. The Bertz CT molecular complexity index is 777. The zero-order valence-electron chi connectivity index (χ0n) is 23.6. The Balaban J connectivity index is 1.55. The highest BCUT2D eigenvalue weighted by molar-refractivity contribution is 5.38. The fraction of sp³-hybridized carbons (Fsp3) is 0.812. The first-order valence-corrected chi connectivity index (χ1v) is 14.9. The summed E-state index contributed by atoms with van der Waals surface area (Å²) < 4.78 is 6.18. The number of rotatable bonds is 12. The highest BCUT2D eigenvalue weighted by Crippen LogP contribution is 2.59. The van der Waals surface area contributed by atoms with Gasteiger partial charge in [0.05, 0.1) is 17.8 Å². The van der Waals surface area contributed by atoms with Gasteiger partial charge in [0.2, 0.25) is 0 Å². The van der Waals surface area contributed by atoms with E-state index in [0.717, 1.165) is 69.3 Å². The molecule has 3 saturated carbocycles. The molecule has 3 fully saturated rings. The van der Waals surface area contributed by atoms with Gasteiger partial charge in [-0.3, -0.25) is 0 Å². The number of aliphatic hydroxyl groups is 3. The van der Waals surface area contributed by atoms with Crippen molar-refractivity contribution in [3.63, 3.8) is 0 Å². The van der Waals surface area contributed by atoms with Crippen LogP contribution in [0, 0.1) is 23.2 Å². The minimum absolute atomic E-state index is 0.316. The molecule has 3 aliphatic rings. The summed E-state index contributed by atoms with van der Waals surface area (Å²) in [7, 11) is 0. The highest BCUT2D eigenvalue weighted by Gasteiger charge is 2.50. The Kier molecular flexibility index (Phi) is 10.9. The summed E-state index contributed by atoms with van der Waals surface area (Å²) in [5, 5.41) is 31.1. The molecule has 0 bridgehead atoms. The zero-order valence-corrected chi connectivity index (χ0v) is 23.6. The number of aliphatic hydroxyl groups excluding tert-OH is 2. The maximum Gasteiger partial charge on any atom is 0.0811 e. The van der Waals surface area contributed by atoms with Crippen LogP contribution in [0.2, 0.25) is 0 Å². The smallest absolute Gasteiger partial charge is 0.0811 e. The van der Waals surface area contributed by atoms with E-state index >= 15 is 0 Å². The quantitative estimate of drug-likeness (QED) is 0.254. The van der Waals surface area contributed by atoms with Crippen LogP contribution in [0.1, 0.15) is 111 Å². The summed E-state index contributed by atoms with van der Waals surface area (Å²) in [5.74, 6) is 1.82. The lowest BCUT2D eigenvalue weighted by atomic mass is 9.61. The van der Waals surface area contributed by atoms with Crippen LogP contribution in [0.25, 0.3) is 0 Å². The van der Waals surface area contributed by atoms with Gasteiger partial charge < -0.3 is 20.1 Å². The van der Waals surface area contributed by atoms with Crippen molar-refractivity contribution in [1.29, 1.82) is 0 Å². The molecule has 4 heteroatoms. The topological polar surface area (TPSA) is 69.9 Å². The largest absolute Gasteiger partial charge is 0.393 e. The van der Waals surface area contributed by atoms with E-state index in [9.17, 15) is 15.3 Å². The molecule has 0 heterocycles. The zero-order chi connectivity index (χ0) is 26.3. The van der Waals surface area contributed by atoms with Crippen molar-refractivity contribution >= 4 is 0 Å². The minimum Gasteiger partial charge on any atom is -0.393 e. The Morgan fingerprint density at radius 1 is 1.14 bits per heavy atom. The lowest BCUT2D eigenvalue weighted by Gasteiger charge is -2.44. The van der Waals surface area contributed by atoms with Crippen LogP contribution >= 0.6 is 0 Å². The summed E-state index contributed by atoms with van der Waals surface area (Å²) in [4.78, 5) is 0. The molecule has 3 aliphatic carbocycles. The lowest BCUT2D eigenvalue weighted by Crippen LogP contribution is -2.37. The van der Waals surface area contributed by atoms with Crippen LogP contribution in [0.5, 0.6) is 0 Å². The molecule has 3 rings (SSSR count). The molecular weight excluding hydrogens is 448 g/mol. The Morgan fingerprint density at radius 3 is 2.56 bits per heavy atom. The Labute approximate surface area is 220 Å². The average Bonchev–Trinajstić information content (AvgIpc) is 3.18. The molecule has 0 unspecified atom stereocenters. The van der Waals surface area contributed by atoms with Crippen LogP contribution in [0.3, 0.4) is 0 Å². The van der Waals surface area contributed by atoms with Gasteiger partial charge in [0, 0.05) is 19.6 Å². The van der Waals surface area contributed by atoms with Crippen LogP contribution in [0.4, 0.5) is 0 Å². The fourth-order valence-corrected chi connectivity index (χ4v) is 7.87. The summed E-state index contributed by atoms with van der Waals surface area (Å²) in [6, 6.07) is 0. The van der Waals surface area contributed by atoms with Gasteiger partial charge in [0.25, 0.3) is 0 Å². The molecule has 0 radical (unpaired) electrons. The number of hydrogen-bond acceptors (Lipinski definition) is 4. The number of allylic oxidation sites excluding steroid dienone is 3. The maximum atomic E-state index is 10.9. The Hall–Kier alpha value is -0.940. The van der Waals surface area contributed by atoms with Gasteiger partial charge in [-0.2, -0.15) is 0 Å². The van der Waals surface area contributed by atoms with E-state index in [1.165, 1.54) is 25.7 Å². The van der Waals surface area contributed by atoms with E-state index in [4.69, 9.17) is 4.74 Å². The van der Waals surface area contributed by atoms with Gasteiger partial charge in [-0.1, -0.05) is 64.8 Å². The van der Waals surface area contributed by atoms with E-state index < -0.39 is 17.8 Å². The molecule has 3 N–H and O–H groups in total. The third-order valence-corrected chi connectivity index (χ3v) is 9.73. The van der Waals surface area contributed by atoms with E-state index in [-0.39, 0.29) is 0 Å². The van der Waals surface area contributed by atoms with E-state index in [0.29, 0.717) is 36.0 Å². The van der Waals surface area contributed by atoms with Gasteiger partial charge >= 0.3 is 0 Å². The van der Waals surface area contributed by atoms with Gasteiger partial charge in [-0.25, -0.2) is 0 Å². The molecular formula is C32H54O4. The number of fused-ring (bicyclic) bond motifs is 1. The standard InChI is InChI=1S/C32H54O4/c1-6-15-32(35,16-7-2)18-9-19-36-22-23(3)28-13-14-29-25(10-8-17-31(28,29)5)11-12-26-20-27(33)21-30(34)24(26)4/h11-12,23,27-30,33-35H,4,6-10,13-22H2,1-3,5H3/b25-11+,26-12+/t23-,27+,28+,29-,30-,31+/m0/s1. The molecule has 0 spiro atoms. The maximum absolute atomic E-state index is 10.9. The first-order valence-electron chi connectivity index (χ1n) is 14.9. The van der Waals surface area contributed by atoms with Crippen molar-refractivity contribution in [1.82, 2.24) is 0 Å². The third kappa shape index (κ3) is 7.12. The van der Waals surface area contributed by atoms with E-state index in [2.05, 4.69) is 46.4 Å². The Morgan fingerprint density at radius 2 is 1.86 bits per heavy atom. The van der Waals surface area contributed by atoms with Gasteiger partial charge in [-0.05, 0) is 98.5 Å². The molecule has 0 aromatic heterocycles. The van der Waals surface area contributed by atoms with E-state index in [1.54, 1.807) is 5.57 Å². The number of hydrogen-bond donors (Lipinski definition) is 3. The minimum atomic E-state index is -0.626. The van der Waals surface area contributed by atoms with Gasteiger partial charge in [-0.15, -0.1) is 0 Å². The first-order chi connectivity index (χ1) is 17.1. The van der Waals surface area contributed by atoms with Crippen molar-refractivity contribution in [2.45, 2.75) is 129 Å². The highest BCUT2D eigenvalue weighted by atomic mass is 16.5. The average molecular weight is 503 g/mol. The SMILES string of the molecule is C=C1/C(=C/C=C2\CCC[C@]3(C)[C@@H]([C@@H](C)COCCCC(O)(CCC)CCC)CC[C@@H]23)C[C@@H](O)C[C@@H]1O. The summed E-state index contributed by atoms with van der Waals surface area (Å²) in [5.41, 5.74) is 3.12. The molecule has 6 atom stereocenters. The second-order valence-corrected chi connectivity index (χ2v) is 12.5. The van der Waals surface area contributed by atoms with Crippen molar-refractivity contribution in [3.05, 3.63) is 35.5 Å². The second kappa shape index (κ2) is 13.2. The van der Waals surface area contributed by atoms with Crippen LogP contribution in [0.15, 0.2) is 35.5 Å². The first kappa shape index (κ1) is 29.6. The molecule has 0 aliphatic heterocycles. The molecule has 206 valence electrons. The summed E-state index contributed by atoms with van der Waals surface area (Å²) >= 11 is 0. The molecule has 0 aromatic carbocycles. The fourth-order valence-electron chi connectivity index (χ4n) is 7.87. The summed E-state index contributed by atoms with van der Waals surface area (Å²) in [6.07, 6.45) is 16.1.